The van der Waals surface area contributed by atoms with E-state index in [4.69, 9.17) is 0 Å². The van der Waals surface area contributed by atoms with Crippen molar-refractivity contribution in [3.8, 4) is 39.7 Å². The first-order valence-electron chi connectivity index (χ1n) is 19.5. The molecule has 2 aromatic heterocycles. The maximum Gasteiger partial charge on any atom is 0.0984 e. The maximum atomic E-state index is 9.43. The molecular formula is C54H45IrN3-2. The van der Waals surface area contributed by atoms with Crippen LogP contribution in [0.5, 0.6) is 0 Å². The summed E-state index contributed by atoms with van der Waals surface area (Å²) in [6, 6.07) is 62.3. The van der Waals surface area contributed by atoms with E-state index in [9.17, 15) is 5.26 Å². The van der Waals surface area contributed by atoms with Crippen LogP contribution >= 0.6 is 0 Å². The van der Waals surface area contributed by atoms with E-state index in [1.807, 2.05) is 18.3 Å². The van der Waals surface area contributed by atoms with Gasteiger partial charge in [-0.15, -0.1) is 64.7 Å². The molecule has 1 aliphatic carbocycles. The molecule has 58 heavy (non-hydrogen) atoms. The second kappa shape index (κ2) is 16.1. The fraction of sp³-hybridized carbons (Fsp3) is 0.167. The van der Waals surface area contributed by atoms with Gasteiger partial charge in [-0.05, 0) is 72.9 Å². The molecule has 0 N–H and O–H groups in total. The molecular weight excluding hydrogens is 883 g/mol. The van der Waals surface area contributed by atoms with Gasteiger partial charge in [0.2, 0.25) is 0 Å². The molecule has 0 atom stereocenters. The van der Waals surface area contributed by atoms with Gasteiger partial charge in [0.15, 0.2) is 0 Å². The molecule has 4 heteroatoms. The fourth-order valence-corrected chi connectivity index (χ4v) is 8.12. The van der Waals surface area contributed by atoms with Crippen LogP contribution in [0.4, 0.5) is 0 Å². The fourth-order valence-electron chi connectivity index (χ4n) is 8.12. The van der Waals surface area contributed by atoms with E-state index < -0.39 is 5.41 Å². The van der Waals surface area contributed by atoms with Gasteiger partial charge in [0.25, 0.3) is 0 Å². The van der Waals surface area contributed by atoms with Crippen molar-refractivity contribution in [3.05, 3.63) is 215 Å². The second-order valence-electron chi connectivity index (χ2n) is 16.8. The standard InChI is InChI=1S/C35H21N2.C19H24N.Ir/c36-23-24-19-20-37-33(21-24)26-16-18-32-31(22-26)30-17-15-25-9-7-8-14-29(25)34(30)35(32,27-10-3-1-4-11-27)28-12-5-2-6-13-28;1-18(2,3)15-9-7-8-14(12-15)17-13-16(10-11-20-17)19(4,5)6;/h1-15,17-22H;7,9-13H,1-6H3;/q2*-1;. The van der Waals surface area contributed by atoms with E-state index in [1.165, 1.54) is 55.3 Å². The molecule has 0 bridgehead atoms. The molecule has 9 rings (SSSR count). The normalized spacial score (nSPS) is 12.6. The van der Waals surface area contributed by atoms with Crippen molar-refractivity contribution in [2.45, 2.75) is 57.8 Å². The van der Waals surface area contributed by atoms with Gasteiger partial charge in [0.1, 0.15) is 0 Å². The third kappa shape index (κ3) is 7.45. The Labute approximate surface area is 356 Å². The Morgan fingerprint density at radius 2 is 1.16 bits per heavy atom. The number of hydrogen-bond acceptors (Lipinski definition) is 3. The predicted octanol–water partition coefficient (Wildman–Crippen LogP) is 13.1. The SMILES string of the molecule is CC(C)(C)c1cc[c-]c(-c2cc(C(C)(C)C)ccn2)c1.N#Cc1ccnc(-c2[c-]cc3c(c2)-c2ccc4ccccc4c2C3(c2ccccc2)c2ccccc2)c1.[Ir]. The number of benzene rings is 6. The molecule has 0 saturated carbocycles. The zero-order valence-corrected chi connectivity index (χ0v) is 36.2. The average molecular weight is 928 g/mol. The van der Waals surface area contributed by atoms with Gasteiger partial charge >= 0.3 is 0 Å². The van der Waals surface area contributed by atoms with Crippen molar-refractivity contribution in [2.75, 3.05) is 0 Å². The van der Waals surface area contributed by atoms with Crippen molar-refractivity contribution >= 4 is 10.8 Å². The first-order chi connectivity index (χ1) is 27.5. The molecule has 1 aliphatic rings. The molecule has 1 radical (unpaired) electrons. The Kier molecular flexibility index (Phi) is 11.2. The van der Waals surface area contributed by atoms with Gasteiger partial charge < -0.3 is 9.97 Å². The smallest absolute Gasteiger partial charge is 0.0984 e. The molecule has 0 saturated heterocycles. The Hall–Kier alpha value is -5.98. The Morgan fingerprint density at radius 1 is 0.569 bits per heavy atom. The topological polar surface area (TPSA) is 49.6 Å². The maximum absolute atomic E-state index is 9.43. The molecule has 0 fully saturated rings. The Balaban J connectivity index is 0.000000208. The van der Waals surface area contributed by atoms with Gasteiger partial charge in [-0.3, -0.25) is 0 Å². The molecule has 0 unspecified atom stereocenters. The van der Waals surface area contributed by atoms with Gasteiger partial charge in [-0.1, -0.05) is 156 Å². The summed E-state index contributed by atoms with van der Waals surface area (Å²) in [4.78, 5) is 9.07. The average Bonchev–Trinajstić information content (AvgIpc) is 3.55. The van der Waals surface area contributed by atoms with Crippen LogP contribution in [0.25, 0.3) is 44.4 Å². The molecule has 8 aromatic rings. The minimum Gasteiger partial charge on any atom is -0.305 e. The van der Waals surface area contributed by atoms with Gasteiger partial charge in [0.05, 0.1) is 6.07 Å². The summed E-state index contributed by atoms with van der Waals surface area (Å²) in [7, 11) is 0. The Morgan fingerprint density at radius 3 is 1.81 bits per heavy atom. The van der Waals surface area contributed by atoms with Gasteiger partial charge in [-0.2, -0.15) is 5.26 Å². The number of rotatable bonds is 4. The molecule has 0 aliphatic heterocycles. The minimum absolute atomic E-state index is 0. The third-order valence-corrected chi connectivity index (χ3v) is 11.1. The first-order valence-corrected chi connectivity index (χ1v) is 19.5. The van der Waals surface area contributed by atoms with Crippen LogP contribution < -0.4 is 0 Å². The first kappa shape index (κ1) is 40.2. The molecule has 2 heterocycles. The third-order valence-electron chi connectivity index (χ3n) is 11.1. The van der Waals surface area contributed by atoms with Crippen LogP contribution in [0.3, 0.4) is 0 Å². The van der Waals surface area contributed by atoms with Crippen molar-refractivity contribution < 1.29 is 20.1 Å². The molecule has 0 amide bonds. The summed E-state index contributed by atoms with van der Waals surface area (Å²) >= 11 is 0. The van der Waals surface area contributed by atoms with Crippen molar-refractivity contribution in [1.29, 1.82) is 5.26 Å². The van der Waals surface area contributed by atoms with Crippen molar-refractivity contribution in [3.63, 3.8) is 0 Å². The van der Waals surface area contributed by atoms with Crippen molar-refractivity contribution in [2.24, 2.45) is 0 Å². The van der Waals surface area contributed by atoms with E-state index in [0.29, 0.717) is 5.56 Å². The van der Waals surface area contributed by atoms with Crippen LogP contribution in [0.1, 0.15) is 80.5 Å². The summed E-state index contributed by atoms with van der Waals surface area (Å²) < 4.78 is 0. The van der Waals surface area contributed by atoms with E-state index in [2.05, 4.69) is 203 Å². The molecule has 3 nitrogen and oxygen atoms in total. The zero-order chi connectivity index (χ0) is 39.8. The molecule has 6 aromatic carbocycles. The predicted molar refractivity (Wildman–Crippen MR) is 234 cm³/mol. The second-order valence-corrected chi connectivity index (χ2v) is 16.8. The van der Waals surface area contributed by atoms with E-state index in [0.717, 1.165) is 22.5 Å². The molecule has 0 spiro atoms. The van der Waals surface area contributed by atoms with E-state index >= 15 is 0 Å². The van der Waals surface area contributed by atoms with Crippen LogP contribution in [0.2, 0.25) is 0 Å². The summed E-state index contributed by atoms with van der Waals surface area (Å²) in [6.45, 7) is 13.4. The van der Waals surface area contributed by atoms with Gasteiger partial charge in [-0.25, -0.2) is 0 Å². The van der Waals surface area contributed by atoms with Crippen LogP contribution in [0.15, 0.2) is 164 Å². The number of fused-ring (bicyclic) bond motifs is 5. The minimum atomic E-state index is -0.495. The molecule has 287 valence electrons. The van der Waals surface area contributed by atoms with E-state index in [1.54, 1.807) is 12.3 Å². The number of hydrogen-bond donors (Lipinski definition) is 0. The monoisotopic (exact) mass is 928 g/mol. The number of nitriles is 1. The number of pyridine rings is 2. The summed E-state index contributed by atoms with van der Waals surface area (Å²) in [5.74, 6) is 0. The number of aromatic nitrogens is 2. The van der Waals surface area contributed by atoms with Crippen molar-refractivity contribution in [1.82, 2.24) is 9.97 Å². The largest absolute Gasteiger partial charge is 0.305 e. The number of nitrogens with zero attached hydrogens (tertiary/aromatic N) is 3. The summed E-state index contributed by atoms with van der Waals surface area (Å²) in [5, 5.41) is 11.9. The summed E-state index contributed by atoms with van der Waals surface area (Å²) in [6.07, 6.45) is 3.59. The van der Waals surface area contributed by atoms with Crippen LogP contribution in [0, 0.1) is 23.5 Å². The van der Waals surface area contributed by atoms with Crippen LogP contribution in [-0.2, 0) is 36.4 Å². The van der Waals surface area contributed by atoms with Crippen LogP contribution in [-0.4, -0.2) is 9.97 Å². The van der Waals surface area contributed by atoms with Gasteiger partial charge in [0, 0.05) is 43.5 Å². The zero-order valence-electron chi connectivity index (χ0n) is 33.8. The summed E-state index contributed by atoms with van der Waals surface area (Å²) in [5.41, 5.74) is 14.0. The Bertz CT molecular complexity index is 2670. The quantitative estimate of drug-likeness (QED) is 0.165. The van der Waals surface area contributed by atoms with E-state index in [-0.39, 0.29) is 30.9 Å².